The van der Waals surface area contributed by atoms with Gasteiger partial charge in [-0.3, -0.25) is 9.59 Å². The Balaban J connectivity index is 1.75. The second-order valence-electron chi connectivity index (χ2n) is 6.50. The average Bonchev–Trinajstić information content (AvgIpc) is 3.50. The Labute approximate surface area is 188 Å². The van der Waals surface area contributed by atoms with Crippen LogP contribution in [0.1, 0.15) is 32.6 Å². The first kappa shape index (κ1) is 23.4. The van der Waals surface area contributed by atoms with Crippen molar-refractivity contribution in [1.82, 2.24) is 25.6 Å². The van der Waals surface area contributed by atoms with Crippen LogP contribution in [0.5, 0.6) is 5.75 Å². The average molecular weight is 462 g/mol. The topological polar surface area (TPSA) is 107 Å². The van der Waals surface area contributed by atoms with E-state index in [2.05, 4.69) is 20.9 Å². The molecule has 2 amide bonds. The monoisotopic (exact) mass is 461 g/mol. The van der Waals surface area contributed by atoms with Crippen LogP contribution in [0.2, 0.25) is 0 Å². The molecule has 0 bridgehead atoms. The molecular weight excluding hydrogens is 437 g/mol. The Morgan fingerprint density at radius 3 is 2.78 bits per heavy atom. The second-order valence-corrected chi connectivity index (χ2v) is 7.53. The zero-order chi connectivity index (χ0) is 22.8. The molecule has 0 radical (unpaired) electrons. The van der Waals surface area contributed by atoms with Crippen molar-refractivity contribution < 1.29 is 23.5 Å². The fourth-order valence-corrected chi connectivity index (χ4v) is 3.39. The van der Waals surface area contributed by atoms with Crippen molar-refractivity contribution >= 4 is 23.2 Å². The summed E-state index contributed by atoms with van der Waals surface area (Å²) < 4.78 is 24.4. The predicted molar refractivity (Wildman–Crippen MR) is 117 cm³/mol. The number of thiophene rings is 1. The minimum atomic E-state index is -0.575. The predicted octanol–water partition coefficient (Wildman–Crippen LogP) is 2.37. The van der Waals surface area contributed by atoms with Crippen molar-refractivity contribution in [3.63, 3.8) is 0 Å². The number of alkyl halides is 1. The van der Waals surface area contributed by atoms with Crippen LogP contribution in [-0.2, 0) is 11.3 Å². The van der Waals surface area contributed by atoms with E-state index in [9.17, 15) is 14.0 Å². The van der Waals surface area contributed by atoms with Gasteiger partial charge >= 0.3 is 0 Å². The third-order valence-electron chi connectivity index (χ3n) is 4.24. The Hall–Kier alpha value is -3.31. The molecule has 0 unspecified atom stereocenters. The van der Waals surface area contributed by atoms with Crippen molar-refractivity contribution in [3.8, 4) is 11.4 Å². The lowest BCUT2D eigenvalue weighted by atomic mass is 10.1. The quantitative estimate of drug-likeness (QED) is 0.401. The van der Waals surface area contributed by atoms with E-state index < -0.39 is 6.67 Å². The van der Waals surface area contributed by atoms with Crippen LogP contribution in [0.25, 0.3) is 5.69 Å². The van der Waals surface area contributed by atoms with E-state index in [-0.39, 0.29) is 37.3 Å². The van der Waals surface area contributed by atoms with Crippen LogP contribution >= 0.6 is 11.3 Å². The number of ether oxygens (including phenoxy) is 2. The van der Waals surface area contributed by atoms with Gasteiger partial charge in [-0.15, -0.1) is 16.4 Å². The molecule has 32 heavy (non-hydrogen) atoms. The Kier molecular flexibility index (Phi) is 8.70. The van der Waals surface area contributed by atoms with Crippen LogP contribution in [0, 0.1) is 0 Å². The fourth-order valence-electron chi connectivity index (χ4n) is 2.75. The normalized spacial score (nSPS) is 10.7. The van der Waals surface area contributed by atoms with E-state index in [0.717, 1.165) is 4.88 Å². The van der Waals surface area contributed by atoms with Gasteiger partial charge in [0.05, 0.1) is 26.0 Å². The van der Waals surface area contributed by atoms with Gasteiger partial charge in [0.25, 0.3) is 11.8 Å². The number of aromatic nitrogens is 3. The molecule has 0 atom stereocenters. The van der Waals surface area contributed by atoms with Gasteiger partial charge in [0.2, 0.25) is 0 Å². The third kappa shape index (κ3) is 6.34. The largest absolute Gasteiger partial charge is 0.489 e. The Bertz CT molecular complexity index is 1030. The molecule has 0 aliphatic heterocycles. The number of carbonyl (C=O) groups excluding carboxylic acids is 2. The van der Waals surface area contributed by atoms with E-state index in [4.69, 9.17) is 9.47 Å². The summed E-state index contributed by atoms with van der Waals surface area (Å²) >= 11 is 1.55. The van der Waals surface area contributed by atoms with Crippen molar-refractivity contribution in [1.29, 1.82) is 0 Å². The van der Waals surface area contributed by atoms with Crippen molar-refractivity contribution in [2.45, 2.75) is 13.5 Å². The molecule has 170 valence electrons. The lowest BCUT2D eigenvalue weighted by Crippen LogP contribution is -2.23. The second kappa shape index (κ2) is 11.9. The molecule has 3 rings (SSSR count). The first-order valence-electron chi connectivity index (χ1n) is 10.0. The first-order chi connectivity index (χ1) is 15.6. The van der Waals surface area contributed by atoms with E-state index in [1.807, 2.05) is 24.4 Å². The number of nitrogens with one attached hydrogen (secondary N) is 2. The summed E-state index contributed by atoms with van der Waals surface area (Å²) in [5.41, 5.74) is 1.05. The van der Waals surface area contributed by atoms with Crippen molar-refractivity contribution in [2.24, 2.45) is 0 Å². The Morgan fingerprint density at radius 2 is 2.03 bits per heavy atom. The highest BCUT2D eigenvalue weighted by atomic mass is 32.1. The number of rotatable bonds is 12. The van der Waals surface area contributed by atoms with E-state index in [0.29, 0.717) is 30.1 Å². The van der Waals surface area contributed by atoms with Gasteiger partial charge in [0, 0.05) is 17.0 Å². The standard InChI is InChI=1S/C21H24FN5O4S/c1-2-23-20(28)15-5-6-18(19(12-15)31-10-9-30-8-7-22)27-14-17(25-26-27)21(29)24-13-16-4-3-11-32-16/h3-6,11-12,14H,2,7-10,13H2,1H3,(H,23,28)(H,24,29). The number of halogens is 1. The molecular formula is C21H24FN5O4S. The summed E-state index contributed by atoms with van der Waals surface area (Å²) in [6.45, 7) is 2.46. The summed E-state index contributed by atoms with van der Waals surface area (Å²) in [4.78, 5) is 25.6. The molecule has 0 saturated heterocycles. The number of nitrogens with zero attached hydrogens (tertiary/aromatic N) is 3. The van der Waals surface area contributed by atoms with Crippen molar-refractivity contribution in [2.75, 3.05) is 33.0 Å². The summed E-state index contributed by atoms with van der Waals surface area (Å²) in [6, 6.07) is 8.71. The molecule has 11 heteroatoms. The molecule has 2 heterocycles. The zero-order valence-electron chi connectivity index (χ0n) is 17.5. The lowest BCUT2D eigenvalue weighted by Gasteiger charge is -2.13. The number of amides is 2. The van der Waals surface area contributed by atoms with Crippen LogP contribution in [0.15, 0.2) is 41.9 Å². The molecule has 0 spiro atoms. The molecule has 2 aromatic heterocycles. The zero-order valence-corrected chi connectivity index (χ0v) is 18.4. The maximum absolute atomic E-state index is 12.4. The summed E-state index contributed by atoms with van der Waals surface area (Å²) in [6.07, 6.45) is 1.48. The Morgan fingerprint density at radius 1 is 1.16 bits per heavy atom. The van der Waals surface area contributed by atoms with Crippen LogP contribution in [0.3, 0.4) is 0 Å². The smallest absolute Gasteiger partial charge is 0.273 e. The molecule has 2 N–H and O–H groups in total. The maximum atomic E-state index is 12.4. The molecule has 1 aromatic carbocycles. The van der Waals surface area contributed by atoms with Gasteiger partial charge in [0.1, 0.15) is 24.7 Å². The van der Waals surface area contributed by atoms with Gasteiger partial charge < -0.3 is 20.1 Å². The highest BCUT2D eigenvalue weighted by Crippen LogP contribution is 2.24. The molecule has 0 saturated carbocycles. The summed E-state index contributed by atoms with van der Waals surface area (Å²) in [5.74, 6) is -0.247. The lowest BCUT2D eigenvalue weighted by molar-refractivity contribution is 0.0894. The summed E-state index contributed by atoms with van der Waals surface area (Å²) in [5, 5.41) is 15.4. The third-order valence-corrected chi connectivity index (χ3v) is 5.12. The molecule has 9 nitrogen and oxygen atoms in total. The number of benzene rings is 1. The van der Waals surface area contributed by atoms with E-state index in [1.165, 1.54) is 10.9 Å². The minimum absolute atomic E-state index is 0.0117. The number of hydrogen-bond donors (Lipinski definition) is 2. The van der Waals surface area contributed by atoms with Gasteiger partial charge in [-0.25, -0.2) is 9.07 Å². The molecule has 0 fully saturated rings. The SMILES string of the molecule is CCNC(=O)c1ccc(-n2cc(C(=O)NCc3cccs3)nn2)c(OCCOCCF)c1. The van der Waals surface area contributed by atoms with E-state index >= 15 is 0 Å². The highest BCUT2D eigenvalue weighted by molar-refractivity contribution is 7.09. The van der Waals surface area contributed by atoms with Gasteiger partial charge in [-0.1, -0.05) is 11.3 Å². The molecule has 0 aliphatic carbocycles. The van der Waals surface area contributed by atoms with Crippen molar-refractivity contribution in [3.05, 3.63) is 58.0 Å². The van der Waals surface area contributed by atoms with Gasteiger partial charge in [0.15, 0.2) is 5.69 Å². The highest BCUT2D eigenvalue weighted by Gasteiger charge is 2.16. The van der Waals surface area contributed by atoms with Crippen LogP contribution < -0.4 is 15.4 Å². The fraction of sp³-hybridized carbons (Fsp3) is 0.333. The minimum Gasteiger partial charge on any atom is -0.489 e. The van der Waals surface area contributed by atoms with Gasteiger partial charge in [-0.05, 0) is 36.6 Å². The van der Waals surface area contributed by atoms with Crippen LogP contribution in [-0.4, -0.2) is 59.8 Å². The van der Waals surface area contributed by atoms with Gasteiger partial charge in [-0.2, -0.15) is 0 Å². The maximum Gasteiger partial charge on any atom is 0.273 e. The number of hydrogen-bond acceptors (Lipinski definition) is 7. The molecule has 0 aliphatic rings. The number of carbonyl (C=O) groups is 2. The van der Waals surface area contributed by atoms with Crippen LogP contribution in [0.4, 0.5) is 4.39 Å². The summed E-state index contributed by atoms with van der Waals surface area (Å²) in [7, 11) is 0. The molecule has 3 aromatic rings. The first-order valence-corrected chi connectivity index (χ1v) is 10.9. The van der Waals surface area contributed by atoms with E-state index in [1.54, 1.807) is 29.5 Å².